The Morgan fingerprint density at radius 2 is 1.81 bits per heavy atom. The van der Waals surface area contributed by atoms with Crippen molar-refractivity contribution in [1.29, 1.82) is 0 Å². The van der Waals surface area contributed by atoms with Gasteiger partial charge in [-0.3, -0.25) is 4.79 Å². The number of nitrogens with one attached hydrogen (secondary N) is 1. The normalized spacial score (nSPS) is 12.1. The fourth-order valence-corrected chi connectivity index (χ4v) is 4.42. The molecule has 2 aromatic rings. The van der Waals surface area contributed by atoms with Gasteiger partial charge in [0.25, 0.3) is 5.91 Å². The van der Waals surface area contributed by atoms with Crippen LogP contribution in [0.2, 0.25) is 5.02 Å². The van der Waals surface area contributed by atoms with Crippen LogP contribution in [0.1, 0.15) is 36.7 Å². The van der Waals surface area contributed by atoms with E-state index in [0.29, 0.717) is 5.56 Å². The number of hydrogen-bond donors (Lipinski definition) is 1. The summed E-state index contributed by atoms with van der Waals surface area (Å²) in [6.45, 7) is 5.16. The zero-order chi connectivity index (χ0) is 20.4. The number of rotatable bonds is 5. The molecule has 0 bridgehead atoms. The highest BCUT2D eigenvalue weighted by Crippen LogP contribution is 2.25. The number of nitrogens with zero attached hydrogens (tertiary/aromatic N) is 1. The van der Waals surface area contributed by atoms with E-state index in [9.17, 15) is 17.6 Å². The molecule has 5 nitrogen and oxygen atoms in total. The molecule has 0 saturated heterocycles. The predicted octanol–water partition coefficient (Wildman–Crippen LogP) is 3.83. The van der Waals surface area contributed by atoms with Gasteiger partial charge in [-0.15, -0.1) is 0 Å². The van der Waals surface area contributed by atoms with Crippen molar-refractivity contribution in [3.8, 4) is 0 Å². The smallest absolute Gasteiger partial charge is 0.253 e. The van der Waals surface area contributed by atoms with Crippen molar-refractivity contribution in [3.63, 3.8) is 0 Å². The molecule has 0 radical (unpaired) electrons. The Morgan fingerprint density at radius 1 is 1.19 bits per heavy atom. The van der Waals surface area contributed by atoms with E-state index < -0.39 is 27.3 Å². The molecule has 2 aromatic carbocycles. The third kappa shape index (κ3) is 5.51. The molecule has 0 spiro atoms. The van der Waals surface area contributed by atoms with E-state index in [4.69, 9.17) is 11.6 Å². The van der Waals surface area contributed by atoms with Gasteiger partial charge in [0, 0.05) is 30.3 Å². The standard InChI is InChI=1S/C19H22ClFN2O3S/c1-19(2,3)22-27(25,26)17-11-13(9-10-15(17)20)18(24)23(4)12-14-7-5-6-8-16(14)21/h5-11,22H,12H2,1-4H3. The van der Waals surface area contributed by atoms with Crippen LogP contribution in [0.5, 0.6) is 0 Å². The van der Waals surface area contributed by atoms with Crippen molar-refractivity contribution >= 4 is 27.5 Å². The molecule has 0 saturated carbocycles. The first-order valence-corrected chi connectivity index (χ1v) is 10.1. The molecule has 146 valence electrons. The van der Waals surface area contributed by atoms with Crippen LogP contribution in [-0.2, 0) is 16.6 Å². The summed E-state index contributed by atoms with van der Waals surface area (Å²) in [6.07, 6.45) is 0. The predicted molar refractivity (Wildman–Crippen MR) is 104 cm³/mol. The molecule has 0 unspecified atom stereocenters. The van der Waals surface area contributed by atoms with Crippen molar-refractivity contribution in [3.05, 3.63) is 64.4 Å². The Hall–Kier alpha value is -1.96. The number of amides is 1. The zero-order valence-electron chi connectivity index (χ0n) is 15.6. The molecule has 0 aliphatic heterocycles. The van der Waals surface area contributed by atoms with Crippen LogP contribution >= 0.6 is 11.6 Å². The van der Waals surface area contributed by atoms with Crippen molar-refractivity contribution in [1.82, 2.24) is 9.62 Å². The third-order valence-electron chi connectivity index (χ3n) is 3.62. The van der Waals surface area contributed by atoms with E-state index in [2.05, 4.69) is 4.72 Å². The van der Waals surface area contributed by atoms with Gasteiger partial charge >= 0.3 is 0 Å². The van der Waals surface area contributed by atoms with Gasteiger partial charge in [-0.2, -0.15) is 0 Å². The highest BCUT2D eigenvalue weighted by molar-refractivity contribution is 7.89. The quantitative estimate of drug-likeness (QED) is 0.811. The Morgan fingerprint density at radius 3 is 2.41 bits per heavy atom. The summed E-state index contributed by atoms with van der Waals surface area (Å²) in [6, 6.07) is 10.2. The Balaban J connectivity index is 2.31. The number of carbonyl (C=O) groups is 1. The van der Waals surface area contributed by atoms with Crippen LogP contribution in [0.15, 0.2) is 47.4 Å². The van der Waals surface area contributed by atoms with Gasteiger partial charge in [0.2, 0.25) is 10.0 Å². The molecule has 1 N–H and O–H groups in total. The number of sulfonamides is 1. The number of halogens is 2. The van der Waals surface area contributed by atoms with Crippen molar-refractivity contribution in [2.75, 3.05) is 7.05 Å². The molecule has 0 atom stereocenters. The minimum atomic E-state index is -3.91. The van der Waals surface area contributed by atoms with E-state index in [1.54, 1.807) is 39.0 Å². The van der Waals surface area contributed by atoms with Crippen LogP contribution in [0.4, 0.5) is 4.39 Å². The Labute approximate surface area is 164 Å². The van der Waals surface area contributed by atoms with Gasteiger partial charge in [-0.05, 0) is 45.0 Å². The molecule has 0 aromatic heterocycles. The summed E-state index contributed by atoms with van der Waals surface area (Å²) in [5.74, 6) is -0.854. The van der Waals surface area contributed by atoms with Crippen molar-refractivity contribution in [2.45, 2.75) is 37.8 Å². The lowest BCUT2D eigenvalue weighted by Crippen LogP contribution is -2.40. The van der Waals surface area contributed by atoms with E-state index in [-0.39, 0.29) is 22.0 Å². The zero-order valence-corrected chi connectivity index (χ0v) is 17.2. The highest BCUT2D eigenvalue weighted by atomic mass is 35.5. The Kier molecular flexibility index (Phi) is 6.29. The van der Waals surface area contributed by atoms with Gasteiger partial charge in [-0.1, -0.05) is 29.8 Å². The molecular weight excluding hydrogens is 391 g/mol. The van der Waals surface area contributed by atoms with E-state index in [0.717, 1.165) is 0 Å². The fourth-order valence-electron chi connectivity index (χ4n) is 2.47. The molecule has 0 aliphatic carbocycles. The van der Waals surface area contributed by atoms with Crippen molar-refractivity contribution < 1.29 is 17.6 Å². The second-order valence-electron chi connectivity index (χ2n) is 7.25. The molecule has 1 amide bonds. The molecule has 0 aliphatic rings. The first-order valence-electron chi connectivity index (χ1n) is 8.23. The average Bonchev–Trinajstić information content (AvgIpc) is 2.54. The molecule has 0 fully saturated rings. The number of hydrogen-bond acceptors (Lipinski definition) is 3. The SMILES string of the molecule is CN(Cc1ccccc1F)C(=O)c1ccc(Cl)c(S(=O)(=O)NC(C)(C)C)c1. The summed E-state index contributed by atoms with van der Waals surface area (Å²) in [4.78, 5) is 13.8. The lowest BCUT2D eigenvalue weighted by Gasteiger charge is -2.22. The third-order valence-corrected chi connectivity index (χ3v) is 5.86. The summed E-state index contributed by atoms with van der Waals surface area (Å²) in [5.41, 5.74) is -0.193. The minimum absolute atomic E-state index is 0.0139. The summed E-state index contributed by atoms with van der Waals surface area (Å²) in [7, 11) is -2.39. The first-order chi connectivity index (χ1) is 12.4. The van der Waals surface area contributed by atoms with Crippen molar-refractivity contribution in [2.24, 2.45) is 0 Å². The first kappa shape index (κ1) is 21.3. The molecule has 2 rings (SSSR count). The summed E-state index contributed by atoms with van der Waals surface area (Å²) < 4.78 is 41.5. The topological polar surface area (TPSA) is 66.5 Å². The van der Waals surface area contributed by atoms with Gasteiger partial charge < -0.3 is 4.90 Å². The highest BCUT2D eigenvalue weighted by Gasteiger charge is 2.26. The Bertz CT molecular complexity index is 956. The minimum Gasteiger partial charge on any atom is -0.337 e. The van der Waals surface area contributed by atoms with Crippen LogP contribution in [-0.4, -0.2) is 31.8 Å². The monoisotopic (exact) mass is 412 g/mol. The van der Waals surface area contributed by atoms with Crippen LogP contribution in [0.3, 0.4) is 0 Å². The van der Waals surface area contributed by atoms with E-state index in [1.807, 2.05) is 0 Å². The molecule has 27 heavy (non-hydrogen) atoms. The molecular formula is C19H22ClFN2O3S. The summed E-state index contributed by atoms with van der Waals surface area (Å²) in [5, 5.41) is 0.0139. The van der Waals surface area contributed by atoms with Gasteiger partial charge in [-0.25, -0.2) is 17.5 Å². The van der Waals surface area contributed by atoms with Crippen LogP contribution < -0.4 is 4.72 Å². The van der Waals surface area contributed by atoms with Gasteiger partial charge in [0.15, 0.2) is 0 Å². The fraction of sp³-hybridized carbons (Fsp3) is 0.316. The molecule has 0 heterocycles. The molecule has 8 heteroatoms. The number of carbonyl (C=O) groups excluding carboxylic acids is 1. The lowest BCUT2D eigenvalue weighted by molar-refractivity contribution is 0.0783. The maximum absolute atomic E-state index is 13.8. The van der Waals surface area contributed by atoms with E-state index >= 15 is 0 Å². The maximum Gasteiger partial charge on any atom is 0.253 e. The maximum atomic E-state index is 13.8. The average molecular weight is 413 g/mol. The lowest BCUT2D eigenvalue weighted by atomic mass is 10.1. The largest absolute Gasteiger partial charge is 0.337 e. The summed E-state index contributed by atoms with van der Waals surface area (Å²) >= 11 is 6.05. The van der Waals surface area contributed by atoms with Gasteiger partial charge in [0.05, 0.1) is 5.02 Å². The van der Waals surface area contributed by atoms with Gasteiger partial charge in [0.1, 0.15) is 10.7 Å². The second-order valence-corrected chi connectivity index (χ2v) is 9.31. The second kappa shape index (κ2) is 7.96. The van der Waals surface area contributed by atoms with E-state index in [1.165, 1.54) is 36.2 Å². The van der Waals surface area contributed by atoms with Crippen LogP contribution in [0.25, 0.3) is 0 Å². The number of benzene rings is 2. The van der Waals surface area contributed by atoms with Crippen LogP contribution in [0, 0.1) is 5.82 Å².